The summed E-state index contributed by atoms with van der Waals surface area (Å²) in [6.07, 6.45) is 4.27. The first-order chi connectivity index (χ1) is 11.5. The Kier molecular flexibility index (Phi) is 5.30. The molecule has 8 heteroatoms. The summed E-state index contributed by atoms with van der Waals surface area (Å²) in [4.78, 5) is 4.41. The monoisotopic (exact) mass is 385 g/mol. The molecule has 128 valence electrons. The molecule has 0 saturated carbocycles. The lowest BCUT2D eigenvalue weighted by Gasteiger charge is -2.25. The standard InChI is InChI=1S/C16H17Cl2N3O2S/c17-14-6-4-12(10-15(14)18)20-16-7-5-13(11-19-16)24(22,23)21-8-2-1-3-9-21/h4-7,10-11H,1-3,8-9H2,(H,19,20). The van der Waals surface area contributed by atoms with Crippen molar-refractivity contribution in [2.75, 3.05) is 18.4 Å². The number of hydrogen-bond donors (Lipinski definition) is 1. The Morgan fingerprint density at radius 2 is 1.75 bits per heavy atom. The lowest BCUT2D eigenvalue weighted by atomic mass is 10.2. The second-order valence-electron chi connectivity index (χ2n) is 5.60. The molecular weight excluding hydrogens is 369 g/mol. The first-order valence-corrected chi connectivity index (χ1v) is 9.85. The fraction of sp³-hybridized carbons (Fsp3) is 0.312. The van der Waals surface area contributed by atoms with Gasteiger partial charge in [0.25, 0.3) is 0 Å². The first-order valence-electron chi connectivity index (χ1n) is 7.65. The highest BCUT2D eigenvalue weighted by molar-refractivity contribution is 7.89. The van der Waals surface area contributed by atoms with E-state index in [1.54, 1.807) is 30.3 Å². The van der Waals surface area contributed by atoms with Crippen LogP contribution in [0.3, 0.4) is 0 Å². The van der Waals surface area contributed by atoms with Crippen LogP contribution in [-0.2, 0) is 10.0 Å². The van der Waals surface area contributed by atoms with Gasteiger partial charge >= 0.3 is 0 Å². The summed E-state index contributed by atoms with van der Waals surface area (Å²) in [5.41, 5.74) is 0.725. The van der Waals surface area contributed by atoms with Gasteiger partial charge in [0, 0.05) is 25.0 Å². The number of aromatic nitrogens is 1. The molecule has 0 atom stereocenters. The zero-order valence-electron chi connectivity index (χ0n) is 12.9. The molecule has 0 radical (unpaired) electrons. The first kappa shape index (κ1) is 17.5. The maximum Gasteiger partial charge on any atom is 0.244 e. The zero-order valence-corrected chi connectivity index (χ0v) is 15.2. The molecule has 1 saturated heterocycles. The maximum atomic E-state index is 12.6. The molecule has 0 spiro atoms. The molecule has 0 amide bonds. The molecule has 3 rings (SSSR count). The molecule has 24 heavy (non-hydrogen) atoms. The van der Waals surface area contributed by atoms with Crippen molar-refractivity contribution in [3.05, 3.63) is 46.6 Å². The van der Waals surface area contributed by atoms with Gasteiger partial charge in [0.1, 0.15) is 10.7 Å². The van der Waals surface area contributed by atoms with Crippen LogP contribution < -0.4 is 5.32 Å². The predicted octanol–water partition coefficient (Wildman–Crippen LogP) is 4.31. The number of hydrogen-bond acceptors (Lipinski definition) is 4. The van der Waals surface area contributed by atoms with Gasteiger partial charge in [0.15, 0.2) is 0 Å². The second kappa shape index (κ2) is 7.27. The quantitative estimate of drug-likeness (QED) is 0.851. The number of piperidine rings is 1. The summed E-state index contributed by atoms with van der Waals surface area (Å²) in [5.74, 6) is 0.533. The molecule has 1 aromatic carbocycles. The van der Waals surface area contributed by atoms with Gasteiger partial charge in [-0.15, -0.1) is 0 Å². The van der Waals surface area contributed by atoms with Crippen molar-refractivity contribution < 1.29 is 8.42 Å². The summed E-state index contributed by atoms with van der Waals surface area (Å²) in [6.45, 7) is 1.15. The number of benzene rings is 1. The Hall–Kier alpha value is -1.34. The van der Waals surface area contributed by atoms with E-state index in [2.05, 4.69) is 10.3 Å². The lowest BCUT2D eigenvalue weighted by Crippen LogP contribution is -2.35. The average molecular weight is 386 g/mol. The lowest BCUT2D eigenvalue weighted by molar-refractivity contribution is 0.346. The minimum atomic E-state index is -3.46. The van der Waals surface area contributed by atoms with Crippen LogP contribution in [-0.4, -0.2) is 30.8 Å². The smallest absolute Gasteiger partial charge is 0.244 e. The van der Waals surface area contributed by atoms with E-state index in [0.29, 0.717) is 29.0 Å². The largest absolute Gasteiger partial charge is 0.340 e. The molecule has 1 aromatic heterocycles. The topological polar surface area (TPSA) is 62.3 Å². The molecule has 5 nitrogen and oxygen atoms in total. The van der Waals surface area contributed by atoms with Gasteiger partial charge in [-0.05, 0) is 43.2 Å². The molecule has 1 fully saturated rings. The molecule has 0 unspecified atom stereocenters. The molecule has 0 aliphatic carbocycles. The number of nitrogens with one attached hydrogen (secondary N) is 1. The van der Waals surface area contributed by atoms with E-state index in [9.17, 15) is 8.42 Å². The number of anilines is 2. The Labute approximate surface area is 151 Å². The fourth-order valence-electron chi connectivity index (χ4n) is 2.58. The van der Waals surface area contributed by atoms with Crippen LogP contribution in [0.15, 0.2) is 41.4 Å². The van der Waals surface area contributed by atoms with Gasteiger partial charge in [-0.2, -0.15) is 4.31 Å². The number of pyridine rings is 1. The molecular formula is C16H17Cl2N3O2S. The van der Waals surface area contributed by atoms with Gasteiger partial charge in [-0.25, -0.2) is 13.4 Å². The fourth-order valence-corrected chi connectivity index (χ4v) is 4.34. The van der Waals surface area contributed by atoms with E-state index in [4.69, 9.17) is 23.2 Å². The van der Waals surface area contributed by atoms with Crippen LogP contribution in [0.5, 0.6) is 0 Å². The second-order valence-corrected chi connectivity index (χ2v) is 8.35. The molecule has 1 N–H and O–H groups in total. The maximum absolute atomic E-state index is 12.6. The van der Waals surface area contributed by atoms with Crippen LogP contribution in [0.1, 0.15) is 19.3 Å². The summed E-state index contributed by atoms with van der Waals surface area (Å²) < 4.78 is 26.7. The number of rotatable bonds is 4. The van der Waals surface area contributed by atoms with Crippen molar-refractivity contribution >= 4 is 44.7 Å². The van der Waals surface area contributed by atoms with E-state index in [-0.39, 0.29) is 4.90 Å². The van der Waals surface area contributed by atoms with Crippen molar-refractivity contribution in [3.63, 3.8) is 0 Å². The van der Waals surface area contributed by atoms with E-state index in [1.165, 1.54) is 10.5 Å². The molecule has 0 bridgehead atoms. The number of halogens is 2. The van der Waals surface area contributed by atoms with E-state index < -0.39 is 10.0 Å². The Morgan fingerprint density at radius 3 is 2.38 bits per heavy atom. The minimum absolute atomic E-state index is 0.212. The van der Waals surface area contributed by atoms with Crippen LogP contribution in [0.4, 0.5) is 11.5 Å². The third-order valence-corrected chi connectivity index (χ3v) is 6.50. The molecule has 2 aromatic rings. The third-order valence-electron chi connectivity index (χ3n) is 3.88. The van der Waals surface area contributed by atoms with Crippen LogP contribution in [0, 0.1) is 0 Å². The summed E-state index contributed by atoms with van der Waals surface area (Å²) in [7, 11) is -3.46. The Bertz CT molecular complexity index is 820. The van der Waals surface area contributed by atoms with Crippen LogP contribution in [0.25, 0.3) is 0 Å². The molecule has 1 aliphatic heterocycles. The number of sulfonamides is 1. The van der Waals surface area contributed by atoms with Crippen molar-refractivity contribution in [2.45, 2.75) is 24.2 Å². The molecule has 1 aliphatic rings. The van der Waals surface area contributed by atoms with E-state index in [0.717, 1.165) is 24.9 Å². The Balaban J connectivity index is 1.76. The van der Waals surface area contributed by atoms with Crippen LogP contribution in [0.2, 0.25) is 10.0 Å². The SMILES string of the molecule is O=S(=O)(c1ccc(Nc2ccc(Cl)c(Cl)c2)nc1)N1CCCCC1. The van der Waals surface area contributed by atoms with Gasteiger partial charge in [0.2, 0.25) is 10.0 Å². The predicted molar refractivity (Wildman–Crippen MR) is 96.6 cm³/mol. The van der Waals surface area contributed by atoms with Crippen LogP contribution >= 0.6 is 23.2 Å². The van der Waals surface area contributed by atoms with Crippen molar-refractivity contribution in [2.24, 2.45) is 0 Å². The van der Waals surface area contributed by atoms with Crippen molar-refractivity contribution in [1.29, 1.82) is 0 Å². The van der Waals surface area contributed by atoms with E-state index >= 15 is 0 Å². The zero-order chi connectivity index (χ0) is 17.2. The van der Waals surface area contributed by atoms with Gasteiger partial charge < -0.3 is 5.32 Å². The summed E-state index contributed by atoms with van der Waals surface area (Å²) in [5, 5.41) is 3.97. The highest BCUT2D eigenvalue weighted by Gasteiger charge is 2.26. The number of nitrogens with zero attached hydrogens (tertiary/aromatic N) is 2. The molecule has 2 heterocycles. The minimum Gasteiger partial charge on any atom is -0.340 e. The van der Waals surface area contributed by atoms with Crippen molar-refractivity contribution in [3.8, 4) is 0 Å². The van der Waals surface area contributed by atoms with Crippen molar-refractivity contribution in [1.82, 2.24) is 9.29 Å². The Morgan fingerprint density at radius 1 is 1.00 bits per heavy atom. The third kappa shape index (κ3) is 3.83. The van der Waals surface area contributed by atoms with Gasteiger partial charge in [-0.3, -0.25) is 0 Å². The highest BCUT2D eigenvalue weighted by atomic mass is 35.5. The highest BCUT2D eigenvalue weighted by Crippen LogP contribution is 2.27. The van der Waals surface area contributed by atoms with Gasteiger partial charge in [-0.1, -0.05) is 29.6 Å². The average Bonchev–Trinajstić information content (AvgIpc) is 2.59. The summed E-state index contributed by atoms with van der Waals surface area (Å²) in [6, 6.07) is 8.34. The van der Waals surface area contributed by atoms with Gasteiger partial charge in [0.05, 0.1) is 10.0 Å². The summed E-state index contributed by atoms with van der Waals surface area (Å²) >= 11 is 11.9. The normalized spacial score (nSPS) is 16.1. The van der Waals surface area contributed by atoms with E-state index in [1.807, 2.05) is 0 Å².